The number of allylic oxidation sites excluding steroid dienone is 1. The second-order valence-electron chi connectivity index (χ2n) is 6.87. The van der Waals surface area contributed by atoms with Crippen molar-refractivity contribution in [3.63, 3.8) is 0 Å². The van der Waals surface area contributed by atoms with Crippen LogP contribution in [0.4, 0.5) is 5.69 Å². The zero-order valence-electron chi connectivity index (χ0n) is 18.1. The van der Waals surface area contributed by atoms with Crippen molar-refractivity contribution in [1.29, 1.82) is 5.26 Å². The first kappa shape index (κ1) is 24.1. The van der Waals surface area contributed by atoms with Gasteiger partial charge in [0.1, 0.15) is 12.4 Å². The quantitative estimate of drug-likeness (QED) is 0.102. The average molecular weight is 556 g/mol. The molecule has 0 aliphatic heterocycles. The highest BCUT2D eigenvalue weighted by Gasteiger charge is 2.13. The van der Waals surface area contributed by atoms with E-state index in [4.69, 9.17) is 14.2 Å². The average Bonchev–Trinajstić information content (AvgIpc) is 2.82. The molecule has 0 fully saturated rings. The summed E-state index contributed by atoms with van der Waals surface area (Å²) in [7, 11) is 1.60. The number of methoxy groups -OCH3 is 1. The third-order valence-electron chi connectivity index (χ3n) is 4.69. The molecule has 0 heterocycles. The summed E-state index contributed by atoms with van der Waals surface area (Å²) in [6, 6.07) is 19.5. The number of hydrogen-bond acceptors (Lipinski definition) is 6. The number of nitro benzene ring substituents is 1. The molecular weight excluding hydrogens is 535 g/mol. The standard InChI is InChI=1S/C25H21IN2O5/c1-3-32-24-14-18(12-20(15-27)19-6-10-22(31-2)11-7-19)13-23(26)25(24)33-16-17-4-8-21(9-5-17)28(29)30/h4-14H,3,16H2,1-2H3/b20-12+. The second kappa shape index (κ2) is 11.3. The first-order valence-electron chi connectivity index (χ1n) is 10.0. The predicted octanol–water partition coefficient (Wildman–Crippen LogP) is 6.25. The van der Waals surface area contributed by atoms with Crippen LogP contribution in [0.3, 0.4) is 0 Å². The Hall–Kier alpha value is -3.58. The topological polar surface area (TPSA) is 94.6 Å². The summed E-state index contributed by atoms with van der Waals surface area (Å²) < 4.78 is 17.8. The summed E-state index contributed by atoms with van der Waals surface area (Å²) in [4.78, 5) is 10.4. The van der Waals surface area contributed by atoms with Gasteiger partial charge in [0.25, 0.3) is 5.69 Å². The highest BCUT2D eigenvalue weighted by molar-refractivity contribution is 14.1. The maximum absolute atomic E-state index is 10.8. The van der Waals surface area contributed by atoms with Crippen LogP contribution in [-0.4, -0.2) is 18.6 Å². The van der Waals surface area contributed by atoms with Gasteiger partial charge in [-0.3, -0.25) is 10.1 Å². The minimum Gasteiger partial charge on any atom is -0.497 e. The van der Waals surface area contributed by atoms with E-state index in [0.29, 0.717) is 23.7 Å². The number of ether oxygens (including phenoxy) is 3. The van der Waals surface area contributed by atoms with Crippen molar-refractivity contribution >= 4 is 39.9 Å². The molecule has 0 atom stereocenters. The molecule has 0 aromatic heterocycles. The number of halogens is 1. The number of rotatable bonds is 9. The Labute approximate surface area is 205 Å². The van der Waals surface area contributed by atoms with Gasteiger partial charge in [0, 0.05) is 12.1 Å². The molecule has 168 valence electrons. The molecule has 33 heavy (non-hydrogen) atoms. The van der Waals surface area contributed by atoms with Crippen molar-refractivity contribution in [2.75, 3.05) is 13.7 Å². The SMILES string of the molecule is CCOc1cc(/C=C(\C#N)c2ccc(OC)cc2)cc(I)c1OCc1ccc([N+](=O)[O-])cc1. The normalized spacial score (nSPS) is 10.9. The zero-order valence-corrected chi connectivity index (χ0v) is 20.2. The van der Waals surface area contributed by atoms with Crippen LogP contribution in [0.2, 0.25) is 0 Å². The fourth-order valence-electron chi connectivity index (χ4n) is 3.06. The largest absolute Gasteiger partial charge is 0.497 e. The summed E-state index contributed by atoms with van der Waals surface area (Å²) in [5.74, 6) is 1.86. The van der Waals surface area contributed by atoms with Gasteiger partial charge in [-0.15, -0.1) is 0 Å². The lowest BCUT2D eigenvalue weighted by Gasteiger charge is -2.15. The maximum Gasteiger partial charge on any atom is 0.269 e. The van der Waals surface area contributed by atoms with E-state index in [2.05, 4.69) is 28.7 Å². The second-order valence-corrected chi connectivity index (χ2v) is 8.04. The lowest BCUT2D eigenvalue weighted by Crippen LogP contribution is -2.02. The van der Waals surface area contributed by atoms with E-state index in [1.165, 1.54) is 12.1 Å². The minimum absolute atomic E-state index is 0.0321. The summed E-state index contributed by atoms with van der Waals surface area (Å²) >= 11 is 2.17. The first-order valence-corrected chi connectivity index (χ1v) is 11.1. The van der Waals surface area contributed by atoms with Crippen molar-refractivity contribution in [3.8, 4) is 23.3 Å². The third-order valence-corrected chi connectivity index (χ3v) is 5.50. The smallest absolute Gasteiger partial charge is 0.269 e. The Morgan fingerprint density at radius 3 is 2.39 bits per heavy atom. The molecule has 3 aromatic rings. The van der Waals surface area contributed by atoms with Gasteiger partial charge in [-0.05, 0) is 101 Å². The van der Waals surface area contributed by atoms with E-state index in [9.17, 15) is 15.4 Å². The van der Waals surface area contributed by atoms with Crippen LogP contribution >= 0.6 is 22.6 Å². The van der Waals surface area contributed by atoms with Crippen molar-refractivity contribution < 1.29 is 19.1 Å². The van der Waals surface area contributed by atoms with Crippen molar-refractivity contribution in [3.05, 3.63) is 91.0 Å². The molecule has 0 spiro atoms. The number of nitrogens with zero attached hydrogens (tertiary/aromatic N) is 2. The number of nitriles is 1. The van der Waals surface area contributed by atoms with Crippen molar-refractivity contribution in [2.45, 2.75) is 13.5 Å². The van der Waals surface area contributed by atoms with E-state index in [-0.39, 0.29) is 12.3 Å². The van der Waals surface area contributed by atoms with Crippen molar-refractivity contribution in [1.82, 2.24) is 0 Å². The van der Waals surface area contributed by atoms with E-state index in [1.54, 1.807) is 25.3 Å². The predicted molar refractivity (Wildman–Crippen MR) is 134 cm³/mol. The maximum atomic E-state index is 10.8. The molecule has 7 nitrogen and oxygen atoms in total. The van der Waals surface area contributed by atoms with Gasteiger partial charge < -0.3 is 14.2 Å². The fourth-order valence-corrected chi connectivity index (χ4v) is 3.84. The molecule has 3 aromatic carbocycles. The van der Waals surface area contributed by atoms with E-state index >= 15 is 0 Å². The fraction of sp³-hybridized carbons (Fsp3) is 0.160. The summed E-state index contributed by atoms with van der Waals surface area (Å²) in [6.45, 7) is 2.56. The van der Waals surface area contributed by atoms with Crippen LogP contribution in [0.25, 0.3) is 11.6 Å². The number of benzene rings is 3. The van der Waals surface area contributed by atoms with Gasteiger partial charge in [0.05, 0.1) is 33.9 Å². The lowest BCUT2D eigenvalue weighted by molar-refractivity contribution is -0.384. The van der Waals surface area contributed by atoms with E-state index in [0.717, 1.165) is 26.0 Å². The molecular formula is C25H21IN2O5. The van der Waals surface area contributed by atoms with Crippen LogP contribution < -0.4 is 14.2 Å². The summed E-state index contributed by atoms with van der Waals surface area (Å²) in [6.07, 6.45) is 1.80. The van der Waals surface area contributed by atoms with Crippen LogP contribution in [0, 0.1) is 25.0 Å². The third kappa shape index (κ3) is 6.23. The van der Waals surface area contributed by atoms with E-state index in [1.807, 2.05) is 43.3 Å². The van der Waals surface area contributed by atoms with Crippen molar-refractivity contribution in [2.24, 2.45) is 0 Å². The van der Waals surface area contributed by atoms with Gasteiger partial charge in [0.15, 0.2) is 11.5 Å². The highest BCUT2D eigenvalue weighted by Crippen LogP contribution is 2.36. The van der Waals surface area contributed by atoms with Gasteiger partial charge in [-0.25, -0.2) is 0 Å². The Balaban J connectivity index is 1.87. The van der Waals surface area contributed by atoms with Gasteiger partial charge in [-0.1, -0.05) is 0 Å². The molecule has 8 heteroatoms. The van der Waals surface area contributed by atoms with Crippen LogP contribution in [0.5, 0.6) is 17.2 Å². The van der Waals surface area contributed by atoms with Gasteiger partial charge in [0.2, 0.25) is 0 Å². The molecule has 0 N–H and O–H groups in total. The summed E-state index contributed by atoms with van der Waals surface area (Å²) in [5.41, 5.74) is 2.93. The summed E-state index contributed by atoms with van der Waals surface area (Å²) in [5, 5.41) is 20.5. The molecule has 0 saturated carbocycles. The Bertz CT molecular complexity index is 1200. The molecule has 0 radical (unpaired) electrons. The monoisotopic (exact) mass is 556 g/mol. The van der Waals surface area contributed by atoms with Gasteiger partial charge >= 0.3 is 0 Å². The Kier molecular flexibility index (Phi) is 8.27. The molecule has 0 bridgehead atoms. The zero-order chi connectivity index (χ0) is 23.8. The van der Waals surface area contributed by atoms with Crippen LogP contribution in [-0.2, 0) is 6.61 Å². The lowest BCUT2D eigenvalue weighted by atomic mass is 10.0. The van der Waals surface area contributed by atoms with Crippen LogP contribution in [0.1, 0.15) is 23.6 Å². The minimum atomic E-state index is -0.436. The Morgan fingerprint density at radius 1 is 1.12 bits per heavy atom. The highest BCUT2D eigenvalue weighted by atomic mass is 127. The van der Waals surface area contributed by atoms with Crippen LogP contribution in [0.15, 0.2) is 60.7 Å². The molecule has 0 aliphatic carbocycles. The number of nitro groups is 1. The van der Waals surface area contributed by atoms with Gasteiger partial charge in [-0.2, -0.15) is 5.26 Å². The molecule has 0 amide bonds. The number of non-ortho nitro benzene ring substituents is 1. The molecule has 0 unspecified atom stereocenters. The molecule has 0 aliphatic rings. The van der Waals surface area contributed by atoms with E-state index < -0.39 is 4.92 Å². The molecule has 3 rings (SSSR count). The molecule has 0 saturated heterocycles. The number of hydrogen-bond donors (Lipinski definition) is 0. The Morgan fingerprint density at radius 2 is 1.82 bits per heavy atom. The first-order chi connectivity index (χ1) is 15.9.